The van der Waals surface area contributed by atoms with Crippen molar-refractivity contribution in [1.29, 1.82) is 0 Å². The highest BCUT2D eigenvalue weighted by atomic mass is 32.1. The highest BCUT2D eigenvalue weighted by molar-refractivity contribution is 7.15. The highest BCUT2D eigenvalue weighted by Crippen LogP contribution is 2.29. The van der Waals surface area contributed by atoms with Crippen LogP contribution in [0.2, 0.25) is 0 Å². The van der Waals surface area contributed by atoms with Crippen LogP contribution in [0.15, 0.2) is 47.8 Å². The van der Waals surface area contributed by atoms with Crippen LogP contribution in [0.3, 0.4) is 0 Å². The van der Waals surface area contributed by atoms with Crippen molar-refractivity contribution in [2.24, 2.45) is 5.92 Å². The van der Waals surface area contributed by atoms with Gasteiger partial charge in [0.05, 0.1) is 10.6 Å². The molecule has 2 N–H and O–H groups in total. The Morgan fingerprint density at radius 2 is 1.97 bits per heavy atom. The van der Waals surface area contributed by atoms with E-state index in [4.69, 9.17) is 0 Å². The minimum atomic E-state index is -0.620. The summed E-state index contributed by atoms with van der Waals surface area (Å²) < 4.78 is 0. The number of nitrogens with zero attached hydrogens (tertiary/aromatic N) is 2. The Bertz CT molecular complexity index is 1030. The molecule has 0 aliphatic carbocycles. The average Bonchev–Trinajstić information content (AvgIpc) is 3.41. The monoisotopic (exact) mass is 454 g/mol. The van der Waals surface area contributed by atoms with E-state index in [1.807, 2.05) is 31.4 Å². The number of amides is 2. The predicted octanol–water partition coefficient (Wildman–Crippen LogP) is 4.16. The molecule has 0 saturated heterocycles. The van der Waals surface area contributed by atoms with Crippen LogP contribution in [0.25, 0.3) is 0 Å². The van der Waals surface area contributed by atoms with Crippen LogP contribution < -0.4 is 10.6 Å². The summed E-state index contributed by atoms with van der Waals surface area (Å²) in [5.41, 5.74) is 2.36. The summed E-state index contributed by atoms with van der Waals surface area (Å²) in [5.74, 6) is -0.495. The van der Waals surface area contributed by atoms with Crippen LogP contribution in [0, 0.1) is 5.92 Å². The summed E-state index contributed by atoms with van der Waals surface area (Å²) in [4.78, 5) is 34.2. The van der Waals surface area contributed by atoms with Gasteiger partial charge in [-0.1, -0.05) is 50.2 Å². The largest absolute Gasteiger partial charge is 0.339 e. The fourth-order valence-electron chi connectivity index (χ4n) is 3.62. The van der Waals surface area contributed by atoms with Gasteiger partial charge in [0.2, 0.25) is 5.91 Å². The summed E-state index contributed by atoms with van der Waals surface area (Å²) in [7, 11) is 0. The third-order valence-electron chi connectivity index (χ3n) is 5.27. The normalized spacial score (nSPS) is 14.8. The molecule has 0 bridgehead atoms. The average molecular weight is 455 g/mol. The molecule has 3 heterocycles. The first-order valence-corrected chi connectivity index (χ1v) is 12.1. The van der Waals surface area contributed by atoms with Crippen LogP contribution >= 0.6 is 22.7 Å². The number of rotatable bonds is 7. The zero-order valence-corrected chi connectivity index (χ0v) is 19.3. The Balaban J connectivity index is 1.39. The van der Waals surface area contributed by atoms with E-state index < -0.39 is 6.04 Å². The number of thiophene rings is 1. The second-order valence-electron chi connectivity index (χ2n) is 8.00. The van der Waals surface area contributed by atoms with E-state index in [2.05, 4.69) is 44.8 Å². The molecular weight excluding hydrogens is 428 g/mol. The van der Waals surface area contributed by atoms with Crippen LogP contribution in [-0.4, -0.2) is 34.3 Å². The number of carbonyl (C=O) groups excluding carboxylic acids is 2. The molecule has 3 aromatic rings. The SMILES string of the molecule is CC(C)C(NC(=O)c1cccs1)C(=O)Nc1nc2c(s1)CN(Cc1ccccc1)CC2. The lowest BCUT2D eigenvalue weighted by molar-refractivity contribution is -0.118. The molecule has 1 unspecified atom stereocenters. The molecule has 31 heavy (non-hydrogen) atoms. The lowest BCUT2D eigenvalue weighted by Gasteiger charge is -2.25. The second kappa shape index (κ2) is 9.72. The molecule has 162 valence electrons. The fourth-order valence-corrected chi connectivity index (χ4v) is 5.30. The zero-order chi connectivity index (χ0) is 21.8. The summed E-state index contributed by atoms with van der Waals surface area (Å²) in [6.45, 7) is 6.54. The molecule has 0 saturated carbocycles. The van der Waals surface area contributed by atoms with Crippen molar-refractivity contribution < 1.29 is 9.59 Å². The van der Waals surface area contributed by atoms with Gasteiger partial charge in [-0.25, -0.2) is 4.98 Å². The molecule has 1 aliphatic rings. The third-order valence-corrected chi connectivity index (χ3v) is 7.14. The van der Waals surface area contributed by atoms with Gasteiger partial charge < -0.3 is 10.6 Å². The fraction of sp³-hybridized carbons (Fsp3) is 0.348. The van der Waals surface area contributed by atoms with Gasteiger partial charge in [0.1, 0.15) is 6.04 Å². The third kappa shape index (κ3) is 5.39. The van der Waals surface area contributed by atoms with E-state index in [0.717, 1.165) is 31.7 Å². The molecule has 1 atom stereocenters. The molecule has 8 heteroatoms. The predicted molar refractivity (Wildman–Crippen MR) is 125 cm³/mol. The van der Waals surface area contributed by atoms with Crippen molar-refractivity contribution in [3.63, 3.8) is 0 Å². The molecule has 4 rings (SSSR count). The van der Waals surface area contributed by atoms with Crippen molar-refractivity contribution in [2.75, 3.05) is 11.9 Å². The molecular formula is C23H26N4O2S2. The summed E-state index contributed by atoms with van der Waals surface area (Å²) in [6, 6.07) is 13.4. The van der Waals surface area contributed by atoms with Gasteiger partial charge in [0, 0.05) is 30.9 Å². The molecule has 1 aliphatic heterocycles. The van der Waals surface area contributed by atoms with E-state index in [9.17, 15) is 9.59 Å². The number of fused-ring (bicyclic) bond motifs is 1. The number of nitrogens with one attached hydrogen (secondary N) is 2. The van der Waals surface area contributed by atoms with Gasteiger partial charge in [0.25, 0.3) is 5.91 Å². The summed E-state index contributed by atoms with van der Waals surface area (Å²) in [5, 5.41) is 8.25. The van der Waals surface area contributed by atoms with Gasteiger partial charge >= 0.3 is 0 Å². The molecule has 0 radical (unpaired) electrons. The Hall–Kier alpha value is -2.55. The number of hydrogen-bond donors (Lipinski definition) is 2. The number of anilines is 1. The van der Waals surface area contributed by atoms with Gasteiger partial charge in [-0.3, -0.25) is 14.5 Å². The number of thiazole rings is 1. The maximum Gasteiger partial charge on any atom is 0.262 e. The standard InChI is InChI=1S/C23H26N4O2S2/c1-15(2)20(25-21(28)18-9-6-12-30-18)22(29)26-23-24-17-10-11-27(14-19(17)31-23)13-16-7-4-3-5-8-16/h3-9,12,15,20H,10-11,13-14H2,1-2H3,(H,25,28)(H,24,26,29). The molecule has 2 aromatic heterocycles. The number of aromatic nitrogens is 1. The Morgan fingerprint density at radius 1 is 1.16 bits per heavy atom. The van der Waals surface area contributed by atoms with Crippen molar-refractivity contribution in [3.05, 3.63) is 68.9 Å². The maximum absolute atomic E-state index is 12.9. The molecule has 2 amide bonds. The van der Waals surface area contributed by atoms with Crippen molar-refractivity contribution >= 4 is 39.6 Å². The zero-order valence-electron chi connectivity index (χ0n) is 17.6. The van der Waals surface area contributed by atoms with E-state index in [-0.39, 0.29) is 17.7 Å². The summed E-state index contributed by atoms with van der Waals surface area (Å²) in [6.07, 6.45) is 0.872. The second-order valence-corrected chi connectivity index (χ2v) is 10.0. The van der Waals surface area contributed by atoms with E-state index in [1.165, 1.54) is 33.1 Å². The van der Waals surface area contributed by atoms with Gasteiger partial charge in [-0.2, -0.15) is 0 Å². The van der Waals surface area contributed by atoms with Crippen molar-refractivity contribution in [2.45, 2.75) is 39.4 Å². The van der Waals surface area contributed by atoms with E-state index >= 15 is 0 Å². The first-order chi connectivity index (χ1) is 15.0. The lowest BCUT2D eigenvalue weighted by Crippen LogP contribution is -2.46. The number of benzene rings is 1. The Kier molecular flexibility index (Phi) is 6.80. The molecule has 1 aromatic carbocycles. The van der Waals surface area contributed by atoms with Crippen LogP contribution in [-0.2, 0) is 24.3 Å². The first-order valence-electron chi connectivity index (χ1n) is 10.4. The van der Waals surface area contributed by atoms with Crippen LogP contribution in [0.4, 0.5) is 5.13 Å². The van der Waals surface area contributed by atoms with Crippen molar-refractivity contribution in [3.8, 4) is 0 Å². The van der Waals surface area contributed by atoms with Crippen LogP contribution in [0.5, 0.6) is 0 Å². The Morgan fingerprint density at radius 3 is 2.68 bits per heavy atom. The van der Waals surface area contributed by atoms with E-state index in [1.54, 1.807) is 6.07 Å². The smallest absolute Gasteiger partial charge is 0.262 e. The van der Waals surface area contributed by atoms with E-state index in [0.29, 0.717) is 10.0 Å². The van der Waals surface area contributed by atoms with Gasteiger partial charge in [-0.05, 0) is 22.9 Å². The quantitative estimate of drug-likeness (QED) is 0.562. The molecule has 0 fully saturated rings. The summed E-state index contributed by atoms with van der Waals surface area (Å²) >= 11 is 2.89. The van der Waals surface area contributed by atoms with Crippen molar-refractivity contribution in [1.82, 2.24) is 15.2 Å². The lowest BCUT2D eigenvalue weighted by atomic mass is 10.0. The minimum absolute atomic E-state index is 0.0418. The highest BCUT2D eigenvalue weighted by Gasteiger charge is 2.27. The topological polar surface area (TPSA) is 74.3 Å². The van der Waals surface area contributed by atoms with Gasteiger partial charge in [0.15, 0.2) is 5.13 Å². The van der Waals surface area contributed by atoms with Gasteiger partial charge in [-0.15, -0.1) is 22.7 Å². The first kappa shape index (κ1) is 21.7. The minimum Gasteiger partial charge on any atom is -0.339 e. The molecule has 6 nitrogen and oxygen atoms in total. The molecule has 0 spiro atoms. The maximum atomic E-state index is 12.9. The number of carbonyl (C=O) groups is 2. The van der Waals surface area contributed by atoms with Crippen LogP contribution in [0.1, 0.15) is 39.7 Å². The number of hydrogen-bond acceptors (Lipinski definition) is 6. The Labute approximate surface area is 190 Å².